The summed E-state index contributed by atoms with van der Waals surface area (Å²) in [5.41, 5.74) is 6.20. The number of nitrogens with zero attached hydrogens (tertiary/aromatic N) is 1. The van der Waals surface area contributed by atoms with E-state index in [1.807, 2.05) is 18.2 Å². The number of amides is 1. The van der Waals surface area contributed by atoms with E-state index in [2.05, 4.69) is 10.3 Å². The van der Waals surface area contributed by atoms with Gasteiger partial charge in [0.25, 0.3) is 0 Å². The molecule has 1 aromatic heterocycles. The summed E-state index contributed by atoms with van der Waals surface area (Å²) < 4.78 is 0. The van der Waals surface area contributed by atoms with Gasteiger partial charge in [-0.25, -0.2) is 0 Å². The fourth-order valence-electron chi connectivity index (χ4n) is 0.841. The number of hydrogen-bond donors (Lipinski definition) is 2. The number of nitrogens with one attached hydrogen (secondary N) is 1. The third-order valence-corrected chi connectivity index (χ3v) is 1.58. The molecule has 1 atom stereocenters. The number of hydrogen-bond acceptors (Lipinski definition) is 3. The molecule has 0 saturated carbocycles. The molecule has 0 bridgehead atoms. The number of aromatic nitrogens is 1. The molecule has 0 aliphatic carbocycles. The molecule has 78 valence electrons. The first-order valence-electron chi connectivity index (χ1n) is 4.13. The molecule has 0 radical (unpaired) electrons. The van der Waals surface area contributed by atoms with Gasteiger partial charge in [-0.05, 0) is 19.1 Å². The van der Waals surface area contributed by atoms with Crippen LogP contribution in [0.1, 0.15) is 12.6 Å². The third-order valence-electron chi connectivity index (χ3n) is 1.58. The minimum Gasteiger partial charge on any atom is -0.349 e. The van der Waals surface area contributed by atoms with Crippen LogP contribution < -0.4 is 11.1 Å². The molecule has 3 N–H and O–H groups in total. The molecule has 4 nitrogen and oxygen atoms in total. The molecule has 0 aromatic carbocycles. The van der Waals surface area contributed by atoms with Crippen molar-refractivity contribution in [2.45, 2.75) is 19.5 Å². The summed E-state index contributed by atoms with van der Waals surface area (Å²) in [4.78, 5) is 15.1. The lowest BCUT2D eigenvalue weighted by atomic mass is 10.3. The van der Waals surface area contributed by atoms with E-state index >= 15 is 0 Å². The molecule has 0 unspecified atom stereocenters. The Bertz CT molecular complexity index is 277. The van der Waals surface area contributed by atoms with Gasteiger partial charge in [-0.1, -0.05) is 6.07 Å². The molecule has 14 heavy (non-hydrogen) atoms. The van der Waals surface area contributed by atoms with Crippen LogP contribution in [0.2, 0.25) is 0 Å². The van der Waals surface area contributed by atoms with Crippen molar-refractivity contribution in [3.8, 4) is 0 Å². The molecule has 1 amide bonds. The van der Waals surface area contributed by atoms with Gasteiger partial charge >= 0.3 is 0 Å². The molecular formula is C9H14ClN3O. The van der Waals surface area contributed by atoms with E-state index < -0.39 is 6.04 Å². The maximum Gasteiger partial charge on any atom is 0.236 e. The van der Waals surface area contributed by atoms with Crippen LogP contribution in [-0.4, -0.2) is 16.9 Å². The highest BCUT2D eigenvalue weighted by Gasteiger charge is 2.05. The lowest BCUT2D eigenvalue weighted by Crippen LogP contribution is -2.37. The van der Waals surface area contributed by atoms with Gasteiger partial charge in [-0.2, -0.15) is 0 Å². The first-order valence-corrected chi connectivity index (χ1v) is 4.13. The quantitative estimate of drug-likeness (QED) is 0.770. The molecule has 0 aliphatic rings. The van der Waals surface area contributed by atoms with Gasteiger partial charge in [0.05, 0.1) is 18.3 Å². The zero-order chi connectivity index (χ0) is 9.68. The average molecular weight is 216 g/mol. The smallest absolute Gasteiger partial charge is 0.236 e. The van der Waals surface area contributed by atoms with E-state index in [9.17, 15) is 4.79 Å². The van der Waals surface area contributed by atoms with Crippen molar-refractivity contribution in [3.05, 3.63) is 30.1 Å². The zero-order valence-corrected chi connectivity index (χ0v) is 8.75. The highest BCUT2D eigenvalue weighted by molar-refractivity contribution is 5.85. The van der Waals surface area contributed by atoms with Crippen LogP contribution in [0.15, 0.2) is 24.4 Å². The molecular weight excluding hydrogens is 202 g/mol. The summed E-state index contributed by atoms with van der Waals surface area (Å²) >= 11 is 0. The molecule has 1 rings (SSSR count). The second kappa shape index (κ2) is 6.34. The van der Waals surface area contributed by atoms with E-state index in [4.69, 9.17) is 5.73 Å². The highest BCUT2D eigenvalue weighted by Crippen LogP contribution is 1.91. The summed E-state index contributed by atoms with van der Waals surface area (Å²) in [6, 6.07) is 5.09. The standard InChI is InChI=1S/C9H13N3O.ClH/c1-7(10)9(13)12-6-8-4-2-3-5-11-8;/h2-5,7H,6,10H2,1H3,(H,12,13);1H/t7-;/m0./s1. The Morgan fingerprint density at radius 3 is 2.86 bits per heavy atom. The van der Waals surface area contributed by atoms with Gasteiger partial charge < -0.3 is 11.1 Å². The van der Waals surface area contributed by atoms with Crippen LogP contribution >= 0.6 is 12.4 Å². The topological polar surface area (TPSA) is 68.0 Å². The van der Waals surface area contributed by atoms with Gasteiger partial charge in [-0.15, -0.1) is 12.4 Å². The number of carbonyl (C=O) groups is 1. The summed E-state index contributed by atoms with van der Waals surface area (Å²) in [5, 5.41) is 2.67. The fraction of sp³-hybridized carbons (Fsp3) is 0.333. The van der Waals surface area contributed by atoms with Crippen molar-refractivity contribution >= 4 is 18.3 Å². The number of pyridine rings is 1. The van der Waals surface area contributed by atoms with Crippen LogP contribution in [0.25, 0.3) is 0 Å². The Kier molecular flexibility index (Phi) is 5.83. The van der Waals surface area contributed by atoms with Crippen molar-refractivity contribution in [1.82, 2.24) is 10.3 Å². The number of rotatable bonds is 3. The minimum atomic E-state index is -0.469. The first-order chi connectivity index (χ1) is 6.20. The van der Waals surface area contributed by atoms with Crippen LogP contribution in [0.4, 0.5) is 0 Å². The van der Waals surface area contributed by atoms with Crippen molar-refractivity contribution in [3.63, 3.8) is 0 Å². The predicted octanol–water partition coefficient (Wildman–Crippen LogP) is 0.467. The normalized spacial score (nSPS) is 11.3. The first kappa shape index (κ1) is 12.9. The SMILES string of the molecule is C[C@H](N)C(=O)NCc1ccccn1.Cl. The van der Waals surface area contributed by atoms with Gasteiger partial charge in [0.15, 0.2) is 0 Å². The van der Waals surface area contributed by atoms with Gasteiger partial charge in [0.1, 0.15) is 0 Å². The van der Waals surface area contributed by atoms with E-state index in [1.165, 1.54) is 0 Å². The molecule has 0 fully saturated rings. The van der Waals surface area contributed by atoms with Crippen LogP contribution in [0, 0.1) is 0 Å². The number of carbonyl (C=O) groups excluding carboxylic acids is 1. The van der Waals surface area contributed by atoms with Crippen LogP contribution in [0.3, 0.4) is 0 Å². The highest BCUT2D eigenvalue weighted by atomic mass is 35.5. The Morgan fingerprint density at radius 2 is 2.36 bits per heavy atom. The van der Waals surface area contributed by atoms with Crippen LogP contribution in [-0.2, 0) is 11.3 Å². The van der Waals surface area contributed by atoms with Crippen molar-refractivity contribution < 1.29 is 4.79 Å². The second-order valence-electron chi connectivity index (χ2n) is 2.83. The Morgan fingerprint density at radius 1 is 1.64 bits per heavy atom. The molecule has 0 saturated heterocycles. The van der Waals surface area contributed by atoms with Gasteiger partial charge in [0.2, 0.25) is 5.91 Å². The van der Waals surface area contributed by atoms with E-state index in [0.29, 0.717) is 6.54 Å². The van der Waals surface area contributed by atoms with Crippen molar-refractivity contribution in [1.29, 1.82) is 0 Å². The Balaban J connectivity index is 0.00000169. The molecule has 0 aliphatic heterocycles. The summed E-state index contributed by atoms with van der Waals surface area (Å²) in [7, 11) is 0. The van der Waals surface area contributed by atoms with Crippen LogP contribution in [0.5, 0.6) is 0 Å². The van der Waals surface area contributed by atoms with Gasteiger partial charge in [-0.3, -0.25) is 9.78 Å². The summed E-state index contributed by atoms with van der Waals surface area (Å²) in [6.07, 6.45) is 1.69. The third kappa shape index (κ3) is 4.20. The lowest BCUT2D eigenvalue weighted by Gasteiger charge is -2.06. The minimum absolute atomic E-state index is 0. The number of nitrogens with two attached hydrogens (primary N) is 1. The van der Waals surface area contributed by atoms with E-state index in [-0.39, 0.29) is 18.3 Å². The summed E-state index contributed by atoms with van der Waals surface area (Å²) in [6.45, 7) is 2.08. The molecule has 0 spiro atoms. The Hall–Kier alpha value is -1.13. The van der Waals surface area contributed by atoms with Crippen molar-refractivity contribution in [2.75, 3.05) is 0 Å². The lowest BCUT2D eigenvalue weighted by molar-refractivity contribution is -0.122. The maximum atomic E-state index is 11.1. The largest absolute Gasteiger partial charge is 0.349 e. The number of halogens is 1. The van der Waals surface area contributed by atoms with Gasteiger partial charge in [0, 0.05) is 6.20 Å². The fourth-order valence-corrected chi connectivity index (χ4v) is 0.841. The molecule has 1 heterocycles. The second-order valence-corrected chi connectivity index (χ2v) is 2.83. The average Bonchev–Trinajstić information content (AvgIpc) is 2.15. The molecule has 5 heteroatoms. The van der Waals surface area contributed by atoms with E-state index in [0.717, 1.165) is 5.69 Å². The molecule has 1 aromatic rings. The zero-order valence-electron chi connectivity index (χ0n) is 7.93. The monoisotopic (exact) mass is 215 g/mol. The Labute approximate surface area is 89.3 Å². The maximum absolute atomic E-state index is 11.1. The van der Waals surface area contributed by atoms with E-state index in [1.54, 1.807) is 13.1 Å². The van der Waals surface area contributed by atoms with Crippen molar-refractivity contribution in [2.24, 2.45) is 5.73 Å². The summed E-state index contributed by atoms with van der Waals surface area (Å²) in [5.74, 6) is -0.161. The predicted molar refractivity (Wildman–Crippen MR) is 57.0 cm³/mol.